The molecule has 0 rings (SSSR count). The number of aliphatic hydroxyl groups is 1. The molecule has 1 atom stereocenters. The fraction of sp³-hybridized carbons (Fsp3) is 0.889. The fourth-order valence-corrected chi connectivity index (χ4v) is 1.19. The van der Waals surface area contributed by atoms with Gasteiger partial charge in [0.2, 0.25) is 0 Å². The van der Waals surface area contributed by atoms with E-state index < -0.39 is 0 Å². The highest BCUT2D eigenvalue weighted by molar-refractivity contribution is 5.80. The van der Waals surface area contributed by atoms with Crippen LogP contribution in [0.5, 0.6) is 0 Å². The Labute approximate surface area is 85.2 Å². The van der Waals surface area contributed by atoms with Crippen molar-refractivity contribution in [3.05, 3.63) is 0 Å². The SMILES string of the molecule is CC(CC(N)=NO)N(C)C(C)(C)CO. The molecule has 0 spiro atoms. The second kappa shape index (κ2) is 5.17. The molecular weight excluding hydrogens is 182 g/mol. The Morgan fingerprint density at radius 2 is 2.07 bits per heavy atom. The summed E-state index contributed by atoms with van der Waals surface area (Å²) in [4.78, 5) is 2.00. The minimum atomic E-state index is -0.296. The molecule has 4 N–H and O–H groups in total. The molecule has 0 aromatic carbocycles. The molecule has 0 fully saturated rings. The molecule has 0 aliphatic carbocycles. The van der Waals surface area contributed by atoms with Gasteiger partial charge in [-0.2, -0.15) is 0 Å². The summed E-state index contributed by atoms with van der Waals surface area (Å²) in [6, 6.07) is 0.119. The van der Waals surface area contributed by atoms with E-state index in [0.717, 1.165) is 0 Å². The number of aliphatic hydroxyl groups excluding tert-OH is 1. The first-order chi connectivity index (χ1) is 6.35. The third kappa shape index (κ3) is 3.51. The quantitative estimate of drug-likeness (QED) is 0.258. The highest BCUT2D eigenvalue weighted by Crippen LogP contribution is 2.16. The number of nitrogens with two attached hydrogens (primary N) is 1. The van der Waals surface area contributed by atoms with Crippen molar-refractivity contribution in [3.63, 3.8) is 0 Å². The topological polar surface area (TPSA) is 82.1 Å². The van der Waals surface area contributed by atoms with Crippen LogP contribution in [0.1, 0.15) is 27.2 Å². The zero-order chi connectivity index (χ0) is 11.4. The van der Waals surface area contributed by atoms with Gasteiger partial charge in [-0.25, -0.2) is 0 Å². The summed E-state index contributed by atoms with van der Waals surface area (Å²) >= 11 is 0. The molecule has 84 valence electrons. The highest BCUT2D eigenvalue weighted by atomic mass is 16.4. The van der Waals surface area contributed by atoms with Gasteiger partial charge in [0.05, 0.1) is 6.61 Å². The number of rotatable bonds is 5. The van der Waals surface area contributed by atoms with E-state index >= 15 is 0 Å². The van der Waals surface area contributed by atoms with Crippen molar-refractivity contribution in [2.24, 2.45) is 10.9 Å². The lowest BCUT2D eigenvalue weighted by atomic mass is 10.0. The van der Waals surface area contributed by atoms with Crippen LogP contribution in [0.25, 0.3) is 0 Å². The fourth-order valence-electron chi connectivity index (χ4n) is 1.19. The molecule has 0 aliphatic heterocycles. The van der Waals surface area contributed by atoms with E-state index in [1.807, 2.05) is 32.7 Å². The summed E-state index contributed by atoms with van der Waals surface area (Å²) < 4.78 is 0. The first-order valence-electron chi connectivity index (χ1n) is 4.65. The van der Waals surface area contributed by atoms with Crippen LogP contribution in [-0.2, 0) is 0 Å². The average Bonchev–Trinajstić information content (AvgIpc) is 2.16. The van der Waals surface area contributed by atoms with Crippen LogP contribution in [0.2, 0.25) is 0 Å². The van der Waals surface area contributed by atoms with Crippen molar-refractivity contribution < 1.29 is 10.3 Å². The molecule has 1 unspecified atom stereocenters. The maximum absolute atomic E-state index is 9.15. The van der Waals surface area contributed by atoms with Crippen LogP contribution in [0, 0.1) is 0 Å². The molecule has 0 aliphatic rings. The molecule has 0 radical (unpaired) electrons. The summed E-state index contributed by atoms with van der Waals surface area (Å²) in [5.74, 6) is 0.207. The molecule has 0 aromatic heterocycles. The van der Waals surface area contributed by atoms with Crippen molar-refractivity contribution >= 4 is 5.84 Å². The number of hydrogen-bond acceptors (Lipinski definition) is 4. The lowest BCUT2D eigenvalue weighted by Crippen LogP contribution is -2.49. The first-order valence-corrected chi connectivity index (χ1v) is 4.65. The van der Waals surface area contributed by atoms with Crippen molar-refractivity contribution in [2.75, 3.05) is 13.7 Å². The number of hydrogen-bond donors (Lipinski definition) is 3. The molecule has 14 heavy (non-hydrogen) atoms. The van der Waals surface area contributed by atoms with Gasteiger partial charge in [-0.1, -0.05) is 5.16 Å². The van der Waals surface area contributed by atoms with Crippen molar-refractivity contribution in [1.29, 1.82) is 0 Å². The van der Waals surface area contributed by atoms with Crippen LogP contribution >= 0.6 is 0 Å². The van der Waals surface area contributed by atoms with Crippen molar-refractivity contribution in [3.8, 4) is 0 Å². The summed E-state index contributed by atoms with van der Waals surface area (Å²) in [6.45, 7) is 5.92. The van der Waals surface area contributed by atoms with Crippen LogP contribution in [0.4, 0.5) is 0 Å². The summed E-state index contributed by atoms with van der Waals surface area (Å²) in [6.07, 6.45) is 0.483. The van der Waals surface area contributed by atoms with Crippen molar-refractivity contribution in [2.45, 2.75) is 38.8 Å². The molecule has 0 amide bonds. The third-order valence-corrected chi connectivity index (χ3v) is 2.64. The van der Waals surface area contributed by atoms with Crippen LogP contribution in [0.3, 0.4) is 0 Å². The number of oxime groups is 1. The summed E-state index contributed by atoms with van der Waals surface area (Å²) in [5, 5.41) is 20.5. The average molecular weight is 203 g/mol. The standard InChI is InChI=1S/C9H21N3O2/c1-7(5-8(10)11-14)12(4)9(2,3)6-13/h7,13-14H,5-6H2,1-4H3,(H2,10,11). The normalized spacial score (nSPS) is 16.0. The van der Waals surface area contributed by atoms with Crippen LogP contribution in [0.15, 0.2) is 5.16 Å². The highest BCUT2D eigenvalue weighted by Gasteiger charge is 2.26. The van der Waals surface area contributed by atoms with Gasteiger partial charge in [-0.15, -0.1) is 0 Å². The van der Waals surface area contributed by atoms with E-state index in [0.29, 0.717) is 6.42 Å². The van der Waals surface area contributed by atoms with Gasteiger partial charge in [0, 0.05) is 18.0 Å². The maximum atomic E-state index is 9.15. The van der Waals surface area contributed by atoms with E-state index in [-0.39, 0.29) is 24.0 Å². The zero-order valence-electron chi connectivity index (χ0n) is 9.36. The lowest BCUT2D eigenvalue weighted by molar-refractivity contribution is 0.0525. The Bertz CT molecular complexity index is 204. The van der Waals surface area contributed by atoms with Crippen LogP contribution in [-0.4, -0.2) is 46.3 Å². The smallest absolute Gasteiger partial charge is 0.140 e. The van der Waals surface area contributed by atoms with Gasteiger partial charge < -0.3 is 16.0 Å². The van der Waals surface area contributed by atoms with Gasteiger partial charge in [0.1, 0.15) is 5.84 Å². The van der Waals surface area contributed by atoms with Gasteiger partial charge in [0.25, 0.3) is 0 Å². The van der Waals surface area contributed by atoms with E-state index in [1.165, 1.54) is 0 Å². The Balaban J connectivity index is 4.32. The minimum absolute atomic E-state index is 0.0734. The minimum Gasteiger partial charge on any atom is -0.409 e. The Hall–Kier alpha value is -0.810. The van der Waals surface area contributed by atoms with Gasteiger partial charge in [0.15, 0.2) is 0 Å². The van der Waals surface area contributed by atoms with Gasteiger partial charge in [-0.05, 0) is 27.8 Å². The molecule has 0 aromatic rings. The van der Waals surface area contributed by atoms with E-state index in [9.17, 15) is 0 Å². The van der Waals surface area contributed by atoms with E-state index in [1.54, 1.807) is 0 Å². The number of nitrogens with zero attached hydrogens (tertiary/aromatic N) is 2. The molecule has 0 saturated heterocycles. The van der Waals surface area contributed by atoms with Gasteiger partial charge >= 0.3 is 0 Å². The van der Waals surface area contributed by atoms with E-state index in [4.69, 9.17) is 16.0 Å². The maximum Gasteiger partial charge on any atom is 0.140 e. The molecule has 0 bridgehead atoms. The number of likely N-dealkylation sites (N-methyl/N-ethyl adjacent to an activating group) is 1. The molecule has 5 nitrogen and oxygen atoms in total. The van der Waals surface area contributed by atoms with Crippen LogP contribution < -0.4 is 5.73 Å². The largest absolute Gasteiger partial charge is 0.409 e. The second-order valence-electron chi connectivity index (χ2n) is 4.23. The summed E-state index contributed by atoms with van der Waals surface area (Å²) in [5.41, 5.74) is 5.11. The monoisotopic (exact) mass is 203 g/mol. The molecule has 0 saturated carbocycles. The predicted octanol–water partition coefficient (Wildman–Crippen LogP) is 0.214. The van der Waals surface area contributed by atoms with E-state index in [2.05, 4.69) is 5.16 Å². The number of amidine groups is 1. The van der Waals surface area contributed by atoms with Crippen molar-refractivity contribution in [1.82, 2.24) is 4.90 Å². The lowest BCUT2D eigenvalue weighted by Gasteiger charge is -2.38. The third-order valence-electron chi connectivity index (χ3n) is 2.64. The first kappa shape index (κ1) is 13.2. The summed E-state index contributed by atoms with van der Waals surface area (Å²) in [7, 11) is 1.91. The zero-order valence-corrected chi connectivity index (χ0v) is 9.36. The predicted molar refractivity (Wildman–Crippen MR) is 56.4 cm³/mol. The Morgan fingerprint density at radius 1 is 1.57 bits per heavy atom. The molecular formula is C9H21N3O2. The second-order valence-corrected chi connectivity index (χ2v) is 4.23. The van der Waals surface area contributed by atoms with Gasteiger partial charge in [-0.3, -0.25) is 4.90 Å². The Kier molecular flexibility index (Phi) is 4.87. The molecule has 0 heterocycles. The molecule has 5 heteroatoms. The Morgan fingerprint density at radius 3 is 2.43 bits per heavy atom.